The van der Waals surface area contributed by atoms with Gasteiger partial charge in [0.2, 0.25) is 0 Å². The first-order chi connectivity index (χ1) is 8.40. The Labute approximate surface area is 112 Å². The summed E-state index contributed by atoms with van der Waals surface area (Å²) < 4.78 is 0. The van der Waals surface area contributed by atoms with E-state index in [-0.39, 0.29) is 11.3 Å². The molecule has 1 aliphatic heterocycles. The monoisotopic (exact) mass is 252 g/mol. The number of likely N-dealkylation sites (tertiary alicyclic amines) is 1. The predicted molar refractivity (Wildman–Crippen MR) is 74.7 cm³/mol. The molecule has 0 N–H and O–H groups in total. The fourth-order valence-electron chi connectivity index (χ4n) is 3.48. The first-order valence-corrected chi connectivity index (χ1v) is 7.33. The summed E-state index contributed by atoms with van der Waals surface area (Å²) in [5.74, 6) is 0.789. The molecular weight excluding hydrogens is 224 g/mol. The third-order valence-corrected chi connectivity index (χ3v) is 4.85. The maximum Gasteiger partial charge on any atom is 0.142 e. The van der Waals surface area contributed by atoms with Crippen LogP contribution in [0, 0.1) is 11.3 Å². The zero-order chi connectivity index (χ0) is 13.3. The Kier molecular flexibility index (Phi) is 4.12. The average Bonchev–Trinajstić information content (AvgIpc) is 2.73. The molecule has 2 rings (SSSR count). The van der Waals surface area contributed by atoms with Crippen molar-refractivity contribution in [2.24, 2.45) is 11.3 Å². The Hall–Kier alpha value is -0.410. The van der Waals surface area contributed by atoms with E-state index in [4.69, 9.17) is 0 Å². The molecule has 0 radical (unpaired) electrons. The molecule has 104 valence electrons. The highest BCUT2D eigenvalue weighted by Crippen LogP contribution is 2.36. The molecule has 0 aromatic rings. The molecule has 0 amide bonds. The summed E-state index contributed by atoms with van der Waals surface area (Å²) in [7, 11) is 4.31. The molecule has 0 spiro atoms. The number of likely N-dealkylation sites (N-methyl/N-ethyl adjacent to an activating group) is 1. The van der Waals surface area contributed by atoms with Crippen LogP contribution in [0.5, 0.6) is 0 Å². The number of hydrogen-bond donors (Lipinski definition) is 0. The van der Waals surface area contributed by atoms with Crippen molar-refractivity contribution in [2.45, 2.75) is 45.6 Å². The minimum absolute atomic E-state index is 0.0798. The lowest BCUT2D eigenvalue weighted by molar-refractivity contribution is -0.134. The van der Waals surface area contributed by atoms with Crippen LogP contribution in [0.4, 0.5) is 0 Å². The molecule has 18 heavy (non-hydrogen) atoms. The highest BCUT2D eigenvalue weighted by molar-refractivity contribution is 5.87. The quantitative estimate of drug-likeness (QED) is 0.768. The second-order valence-electron chi connectivity index (χ2n) is 7.00. The molecule has 1 heterocycles. The Morgan fingerprint density at radius 2 is 2.06 bits per heavy atom. The van der Waals surface area contributed by atoms with Gasteiger partial charge in [-0.2, -0.15) is 0 Å². The number of carbonyl (C=O) groups excluding carboxylic acids is 1. The first-order valence-electron chi connectivity index (χ1n) is 7.33. The largest absolute Gasteiger partial charge is 0.305 e. The zero-order valence-corrected chi connectivity index (χ0v) is 12.4. The van der Waals surface area contributed by atoms with E-state index in [9.17, 15) is 4.79 Å². The van der Waals surface area contributed by atoms with Gasteiger partial charge in [0.25, 0.3) is 0 Å². The maximum atomic E-state index is 12.4. The molecule has 0 bridgehead atoms. The van der Waals surface area contributed by atoms with Crippen LogP contribution < -0.4 is 0 Å². The van der Waals surface area contributed by atoms with Crippen LogP contribution in [0.3, 0.4) is 0 Å². The van der Waals surface area contributed by atoms with Crippen molar-refractivity contribution in [3.05, 3.63) is 0 Å². The Balaban J connectivity index is 1.89. The predicted octanol–water partition coefficient (Wildman–Crippen LogP) is 2.02. The summed E-state index contributed by atoms with van der Waals surface area (Å²) in [4.78, 5) is 17.2. The van der Waals surface area contributed by atoms with Gasteiger partial charge in [0.05, 0.1) is 0 Å². The molecule has 0 aromatic heterocycles. The van der Waals surface area contributed by atoms with Gasteiger partial charge in [0, 0.05) is 30.5 Å². The summed E-state index contributed by atoms with van der Waals surface area (Å²) in [5.41, 5.74) is -0.0798. The van der Waals surface area contributed by atoms with Crippen molar-refractivity contribution >= 4 is 5.78 Å². The van der Waals surface area contributed by atoms with E-state index < -0.39 is 0 Å². The fourth-order valence-corrected chi connectivity index (χ4v) is 3.48. The van der Waals surface area contributed by atoms with Gasteiger partial charge < -0.3 is 9.80 Å². The minimum atomic E-state index is -0.0798. The third-order valence-electron chi connectivity index (χ3n) is 4.85. The Morgan fingerprint density at radius 1 is 1.33 bits per heavy atom. The minimum Gasteiger partial charge on any atom is -0.305 e. The van der Waals surface area contributed by atoms with E-state index in [2.05, 4.69) is 37.7 Å². The molecule has 1 saturated carbocycles. The molecular formula is C15H28N2O. The lowest BCUT2D eigenvalue weighted by Gasteiger charge is -2.35. The SMILES string of the molecule is CN(C)C1CCN(CC2CCCC(C)(C)C2=O)C1. The number of Topliss-reactive ketones (excluding diaryl/α,β-unsaturated/α-hetero) is 1. The highest BCUT2D eigenvalue weighted by atomic mass is 16.1. The van der Waals surface area contributed by atoms with Gasteiger partial charge in [-0.25, -0.2) is 0 Å². The third kappa shape index (κ3) is 2.94. The molecule has 1 saturated heterocycles. The smallest absolute Gasteiger partial charge is 0.142 e. The van der Waals surface area contributed by atoms with Gasteiger partial charge in [-0.15, -0.1) is 0 Å². The van der Waals surface area contributed by atoms with Crippen LogP contribution in [0.15, 0.2) is 0 Å². The molecule has 2 unspecified atom stereocenters. The molecule has 0 aromatic carbocycles. The number of hydrogen-bond acceptors (Lipinski definition) is 3. The van der Waals surface area contributed by atoms with E-state index in [0.29, 0.717) is 11.8 Å². The molecule has 3 nitrogen and oxygen atoms in total. The standard InChI is InChI=1S/C15H28N2O/c1-15(2)8-5-6-12(14(15)18)10-17-9-7-13(11-17)16(3)4/h12-13H,5-11H2,1-4H3. The molecule has 2 fully saturated rings. The summed E-state index contributed by atoms with van der Waals surface area (Å²) in [5, 5.41) is 0. The second kappa shape index (κ2) is 5.30. The van der Waals surface area contributed by atoms with Crippen LogP contribution >= 0.6 is 0 Å². The fraction of sp³-hybridized carbons (Fsp3) is 0.933. The average molecular weight is 252 g/mol. The van der Waals surface area contributed by atoms with Crippen molar-refractivity contribution in [3.8, 4) is 0 Å². The molecule has 1 aliphatic carbocycles. The van der Waals surface area contributed by atoms with E-state index in [1.165, 1.54) is 12.8 Å². The van der Waals surface area contributed by atoms with Gasteiger partial charge in [-0.05, 0) is 39.9 Å². The second-order valence-corrected chi connectivity index (χ2v) is 7.00. The summed E-state index contributed by atoms with van der Waals surface area (Å²) in [6.07, 6.45) is 4.64. The van der Waals surface area contributed by atoms with Crippen molar-refractivity contribution < 1.29 is 4.79 Å². The van der Waals surface area contributed by atoms with Crippen LogP contribution in [0.25, 0.3) is 0 Å². The molecule has 2 aliphatic rings. The number of ketones is 1. The van der Waals surface area contributed by atoms with E-state index in [1.807, 2.05) is 0 Å². The lowest BCUT2D eigenvalue weighted by Crippen LogP contribution is -2.42. The van der Waals surface area contributed by atoms with Gasteiger partial charge in [-0.1, -0.05) is 20.3 Å². The van der Waals surface area contributed by atoms with Crippen molar-refractivity contribution in [1.82, 2.24) is 9.80 Å². The van der Waals surface area contributed by atoms with Crippen molar-refractivity contribution in [3.63, 3.8) is 0 Å². The summed E-state index contributed by atoms with van der Waals surface area (Å²) in [6.45, 7) is 7.53. The topological polar surface area (TPSA) is 23.6 Å². The van der Waals surface area contributed by atoms with E-state index in [0.717, 1.165) is 32.5 Å². The van der Waals surface area contributed by atoms with Gasteiger partial charge in [-0.3, -0.25) is 4.79 Å². The van der Waals surface area contributed by atoms with E-state index in [1.54, 1.807) is 0 Å². The van der Waals surface area contributed by atoms with Crippen molar-refractivity contribution in [2.75, 3.05) is 33.7 Å². The van der Waals surface area contributed by atoms with Crippen LogP contribution in [-0.2, 0) is 4.79 Å². The Morgan fingerprint density at radius 3 is 2.67 bits per heavy atom. The first kappa shape index (κ1) is 14.0. The van der Waals surface area contributed by atoms with Crippen molar-refractivity contribution in [1.29, 1.82) is 0 Å². The van der Waals surface area contributed by atoms with Gasteiger partial charge in [0.15, 0.2) is 0 Å². The van der Waals surface area contributed by atoms with Crippen LogP contribution in [0.2, 0.25) is 0 Å². The molecule has 2 atom stereocenters. The maximum absolute atomic E-state index is 12.4. The van der Waals surface area contributed by atoms with E-state index >= 15 is 0 Å². The van der Waals surface area contributed by atoms with Gasteiger partial charge in [0.1, 0.15) is 5.78 Å². The van der Waals surface area contributed by atoms with Gasteiger partial charge >= 0.3 is 0 Å². The number of carbonyl (C=O) groups is 1. The zero-order valence-electron chi connectivity index (χ0n) is 12.4. The number of rotatable bonds is 3. The van der Waals surface area contributed by atoms with Crippen LogP contribution in [0.1, 0.15) is 39.5 Å². The summed E-state index contributed by atoms with van der Waals surface area (Å²) in [6, 6.07) is 0.678. The normalized spacial score (nSPS) is 33.3. The Bertz CT molecular complexity index is 312. The highest BCUT2D eigenvalue weighted by Gasteiger charge is 2.38. The van der Waals surface area contributed by atoms with Crippen LogP contribution in [-0.4, -0.2) is 55.4 Å². The molecule has 3 heteroatoms. The summed E-state index contributed by atoms with van der Waals surface area (Å²) >= 11 is 0. The lowest BCUT2D eigenvalue weighted by atomic mass is 9.71. The number of nitrogens with zero attached hydrogens (tertiary/aromatic N) is 2.